The number of amides is 2. The van der Waals surface area contributed by atoms with Gasteiger partial charge in [0.1, 0.15) is 5.82 Å². The van der Waals surface area contributed by atoms with Gasteiger partial charge < -0.3 is 15.4 Å². The van der Waals surface area contributed by atoms with E-state index in [1.165, 1.54) is 10.8 Å². The Hall–Kier alpha value is -3.95. The van der Waals surface area contributed by atoms with Crippen LogP contribution in [0.25, 0.3) is 11.1 Å². The lowest BCUT2D eigenvalue weighted by Gasteiger charge is -2.07. The van der Waals surface area contributed by atoms with Gasteiger partial charge in [0.15, 0.2) is 5.82 Å². The smallest absolute Gasteiger partial charge is 0.419 e. The van der Waals surface area contributed by atoms with Crippen LogP contribution in [0, 0.1) is 6.92 Å². The molecule has 0 atom stereocenters. The molecule has 0 saturated heterocycles. The summed E-state index contributed by atoms with van der Waals surface area (Å²) in [6.07, 6.45) is 4.49. The molecule has 2 heterocycles. The molecule has 0 unspecified atom stereocenters. The van der Waals surface area contributed by atoms with Crippen molar-refractivity contribution in [2.75, 3.05) is 18.5 Å². The summed E-state index contributed by atoms with van der Waals surface area (Å²) in [7, 11) is 1.83. The summed E-state index contributed by atoms with van der Waals surface area (Å²) in [5.74, 6) is 0.0282. The molecule has 10 nitrogen and oxygen atoms in total. The minimum absolute atomic E-state index is 0.0549. The monoisotopic (exact) mass is 424 g/mol. The first-order valence-electron chi connectivity index (χ1n) is 9.77. The third kappa shape index (κ3) is 5.56. The summed E-state index contributed by atoms with van der Waals surface area (Å²) in [6, 6.07) is 7.18. The quantitative estimate of drug-likeness (QED) is 0.601. The molecule has 0 saturated carbocycles. The maximum Gasteiger partial charge on any atom is 0.419 e. The van der Waals surface area contributed by atoms with E-state index in [4.69, 9.17) is 4.74 Å². The van der Waals surface area contributed by atoms with Crippen LogP contribution in [0.5, 0.6) is 0 Å². The van der Waals surface area contributed by atoms with Gasteiger partial charge in [-0.2, -0.15) is 5.10 Å². The number of imidazole rings is 1. The van der Waals surface area contributed by atoms with Gasteiger partial charge in [-0.1, -0.05) is 12.1 Å². The van der Waals surface area contributed by atoms with Gasteiger partial charge in [0.25, 0.3) is 5.91 Å². The number of hydrogen-bond acceptors (Lipinski definition) is 6. The number of anilines is 1. The van der Waals surface area contributed by atoms with E-state index in [0.29, 0.717) is 11.4 Å². The maximum absolute atomic E-state index is 12.4. The van der Waals surface area contributed by atoms with Crippen LogP contribution in [0.1, 0.15) is 29.5 Å². The Balaban J connectivity index is 1.51. The highest BCUT2D eigenvalue weighted by Crippen LogP contribution is 2.19. The number of benzene rings is 1. The fraction of sp³-hybridized carbons (Fsp3) is 0.286. The summed E-state index contributed by atoms with van der Waals surface area (Å²) < 4.78 is 7.83. The molecule has 2 N–H and O–H groups in total. The molecule has 31 heavy (non-hydrogen) atoms. The molecular formula is C21H24N6O4. The molecule has 1 aromatic carbocycles. The second-order valence-electron chi connectivity index (χ2n) is 6.78. The van der Waals surface area contributed by atoms with Crippen molar-refractivity contribution in [2.24, 2.45) is 7.05 Å². The maximum atomic E-state index is 12.4. The van der Waals surface area contributed by atoms with Crippen LogP contribution in [0.2, 0.25) is 0 Å². The van der Waals surface area contributed by atoms with Crippen LogP contribution >= 0.6 is 0 Å². The number of hydrogen-bond donors (Lipinski definition) is 2. The van der Waals surface area contributed by atoms with E-state index in [1.807, 2.05) is 19.3 Å². The minimum Gasteiger partial charge on any atom is -0.449 e. The minimum atomic E-state index is -0.561. The Kier molecular flexibility index (Phi) is 6.81. The molecule has 0 spiro atoms. The highest BCUT2D eigenvalue weighted by Gasteiger charge is 2.14. The van der Waals surface area contributed by atoms with Crippen molar-refractivity contribution in [2.45, 2.75) is 20.3 Å². The number of carbonyl (C=O) groups is 3. The van der Waals surface area contributed by atoms with Gasteiger partial charge in [-0.15, -0.1) is 0 Å². The van der Waals surface area contributed by atoms with E-state index in [9.17, 15) is 14.4 Å². The normalized spacial score (nSPS) is 10.5. The third-order valence-electron chi connectivity index (χ3n) is 4.41. The molecule has 10 heteroatoms. The fourth-order valence-corrected chi connectivity index (χ4v) is 2.92. The Labute approximate surface area is 179 Å². The number of rotatable bonds is 7. The molecule has 3 rings (SSSR count). The van der Waals surface area contributed by atoms with E-state index in [2.05, 4.69) is 20.7 Å². The van der Waals surface area contributed by atoms with Gasteiger partial charge >= 0.3 is 6.09 Å². The predicted molar refractivity (Wildman–Crippen MR) is 114 cm³/mol. The number of aromatic nitrogens is 4. The summed E-state index contributed by atoms with van der Waals surface area (Å²) in [4.78, 5) is 40.5. The first-order chi connectivity index (χ1) is 14.9. The molecule has 3 aromatic rings. The Morgan fingerprint density at radius 2 is 1.97 bits per heavy atom. The summed E-state index contributed by atoms with van der Waals surface area (Å²) in [6.45, 7) is 3.73. The molecular weight excluding hydrogens is 400 g/mol. The van der Waals surface area contributed by atoms with E-state index < -0.39 is 6.09 Å². The van der Waals surface area contributed by atoms with Gasteiger partial charge in [0.05, 0.1) is 19.0 Å². The van der Waals surface area contributed by atoms with Crippen LogP contribution in [0.3, 0.4) is 0 Å². The SMILES string of the molecule is CCOC(=O)n1cc(NC(=O)CCNC(=O)c2cccc(-c3cnn(C)c3)c2)nc1C. The summed E-state index contributed by atoms with van der Waals surface area (Å²) in [5, 5.41) is 9.47. The van der Waals surface area contributed by atoms with Crippen molar-refractivity contribution >= 4 is 23.7 Å². The first kappa shape index (κ1) is 21.8. The average Bonchev–Trinajstić information content (AvgIpc) is 3.33. The van der Waals surface area contributed by atoms with Gasteiger partial charge in [-0.05, 0) is 31.5 Å². The largest absolute Gasteiger partial charge is 0.449 e. The van der Waals surface area contributed by atoms with Crippen molar-refractivity contribution in [1.29, 1.82) is 0 Å². The fourth-order valence-electron chi connectivity index (χ4n) is 2.92. The molecule has 0 radical (unpaired) electrons. The van der Waals surface area contributed by atoms with Crippen LogP contribution in [-0.2, 0) is 16.6 Å². The lowest BCUT2D eigenvalue weighted by atomic mass is 10.1. The second-order valence-corrected chi connectivity index (χ2v) is 6.78. The van der Waals surface area contributed by atoms with Crippen molar-refractivity contribution in [3.63, 3.8) is 0 Å². The topological polar surface area (TPSA) is 120 Å². The van der Waals surface area contributed by atoms with Crippen molar-refractivity contribution < 1.29 is 19.1 Å². The van der Waals surface area contributed by atoms with Gasteiger partial charge in [-0.3, -0.25) is 14.3 Å². The van der Waals surface area contributed by atoms with Gasteiger partial charge in [0.2, 0.25) is 5.91 Å². The number of aryl methyl sites for hydroxylation is 2. The zero-order valence-electron chi connectivity index (χ0n) is 17.6. The lowest BCUT2D eigenvalue weighted by molar-refractivity contribution is -0.116. The highest BCUT2D eigenvalue weighted by atomic mass is 16.5. The standard InChI is InChI=1S/C21H24N6O4/c1-4-31-21(30)27-13-18(24-14(27)2)25-19(28)8-9-22-20(29)16-7-5-6-15(10-16)17-11-23-26(3)12-17/h5-7,10-13H,4,8-9H2,1-3H3,(H,22,29)(H,25,28). The molecule has 2 aromatic heterocycles. The third-order valence-corrected chi connectivity index (χ3v) is 4.41. The number of nitrogens with one attached hydrogen (secondary N) is 2. The zero-order valence-corrected chi connectivity index (χ0v) is 17.6. The Morgan fingerprint density at radius 3 is 2.68 bits per heavy atom. The van der Waals surface area contributed by atoms with Crippen LogP contribution in [-0.4, -0.2) is 50.4 Å². The van der Waals surface area contributed by atoms with Gasteiger partial charge in [0, 0.05) is 37.3 Å². The first-order valence-corrected chi connectivity index (χ1v) is 9.77. The summed E-state index contributed by atoms with van der Waals surface area (Å²) >= 11 is 0. The number of ether oxygens (including phenoxy) is 1. The molecule has 0 bridgehead atoms. The van der Waals surface area contributed by atoms with E-state index >= 15 is 0 Å². The predicted octanol–water partition coefficient (Wildman–Crippen LogP) is 2.36. The molecule has 162 valence electrons. The number of carbonyl (C=O) groups excluding carboxylic acids is 3. The van der Waals surface area contributed by atoms with E-state index in [-0.39, 0.29) is 37.2 Å². The van der Waals surface area contributed by atoms with E-state index in [1.54, 1.807) is 42.9 Å². The molecule has 0 aliphatic heterocycles. The van der Waals surface area contributed by atoms with Crippen LogP contribution in [0.4, 0.5) is 10.6 Å². The molecule has 2 amide bonds. The summed E-state index contributed by atoms with van der Waals surface area (Å²) in [5.41, 5.74) is 2.28. The van der Waals surface area contributed by atoms with Crippen LogP contribution < -0.4 is 10.6 Å². The lowest BCUT2D eigenvalue weighted by Crippen LogP contribution is -2.27. The molecule has 0 aliphatic carbocycles. The zero-order chi connectivity index (χ0) is 22.4. The van der Waals surface area contributed by atoms with Crippen molar-refractivity contribution in [1.82, 2.24) is 24.6 Å². The Morgan fingerprint density at radius 1 is 1.16 bits per heavy atom. The van der Waals surface area contributed by atoms with Crippen LogP contribution in [0.15, 0.2) is 42.9 Å². The Bertz CT molecular complexity index is 1100. The van der Waals surface area contributed by atoms with Gasteiger partial charge in [-0.25, -0.2) is 14.3 Å². The molecule has 0 fully saturated rings. The average molecular weight is 424 g/mol. The number of nitrogens with zero attached hydrogens (tertiary/aromatic N) is 4. The molecule has 0 aliphatic rings. The van der Waals surface area contributed by atoms with Crippen molar-refractivity contribution in [3.8, 4) is 11.1 Å². The second kappa shape index (κ2) is 9.70. The van der Waals surface area contributed by atoms with E-state index in [0.717, 1.165) is 11.1 Å². The highest BCUT2D eigenvalue weighted by molar-refractivity contribution is 5.96. The van der Waals surface area contributed by atoms with Crippen molar-refractivity contribution in [3.05, 3.63) is 54.2 Å².